The molecular weight excluding hydrogens is 536 g/mol. The first kappa shape index (κ1) is 33.7. The van der Waals surface area contributed by atoms with Gasteiger partial charge in [0.05, 0.1) is 26.4 Å². The molecule has 0 bridgehead atoms. The van der Waals surface area contributed by atoms with Gasteiger partial charge in [-0.15, -0.1) is 0 Å². The van der Waals surface area contributed by atoms with Crippen molar-refractivity contribution in [3.63, 3.8) is 0 Å². The molecule has 0 atom stereocenters. The fourth-order valence-corrected chi connectivity index (χ4v) is 6.17. The zero-order valence-corrected chi connectivity index (χ0v) is 28.6. The van der Waals surface area contributed by atoms with E-state index in [9.17, 15) is 0 Å². The van der Waals surface area contributed by atoms with Gasteiger partial charge >= 0.3 is 0 Å². The minimum Gasteiger partial charge on any atom is -0.380 e. The quantitative estimate of drug-likeness (QED) is 0.213. The van der Waals surface area contributed by atoms with Crippen molar-refractivity contribution < 1.29 is 9.47 Å². The Hall–Kier alpha value is -3.20. The standard InChI is InChI=1S/C28H26.2C7H14O/c1-19-10-5-7-12-24(19)27-15-9-14-26(22(27)4)23-17-16-21(3)28(18-23)25-13-8-6-11-20(25)2;2*1-3-7(4-2)5-8-6-7/h5-18H,1-4H3;2*3-6H2,1-2H3. The molecule has 2 saturated heterocycles. The van der Waals surface area contributed by atoms with Crippen molar-refractivity contribution >= 4 is 0 Å². The van der Waals surface area contributed by atoms with Crippen LogP contribution in [0.2, 0.25) is 0 Å². The van der Waals surface area contributed by atoms with Crippen molar-refractivity contribution in [2.75, 3.05) is 26.4 Å². The van der Waals surface area contributed by atoms with E-state index in [0.717, 1.165) is 26.4 Å². The highest BCUT2D eigenvalue weighted by Crippen LogP contribution is 2.37. The molecule has 234 valence electrons. The average Bonchev–Trinajstić information content (AvgIpc) is 2.99. The van der Waals surface area contributed by atoms with Crippen LogP contribution in [0.25, 0.3) is 33.4 Å². The number of benzene rings is 4. The third-order valence-electron chi connectivity index (χ3n) is 10.4. The lowest BCUT2D eigenvalue weighted by Gasteiger charge is -2.39. The molecule has 0 radical (unpaired) electrons. The Labute approximate surface area is 267 Å². The predicted molar refractivity (Wildman–Crippen MR) is 189 cm³/mol. The number of ether oxygens (including phenoxy) is 2. The van der Waals surface area contributed by atoms with Crippen molar-refractivity contribution in [3.05, 3.63) is 107 Å². The summed E-state index contributed by atoms with van der Waals surface area (Å²) >= 11 is 0. The van der Waals surface area contributed by atoms with Crippen LogP contribution in [-0.2, 0) is 9.47 Å². The second-order valence-electron chi connectivity index (χ2n) is 13.0. The van der Waals surface area contributed by atoms with Crippen LogP contribution in [0.5, 0.6) is 0 Å². The van der Waals surface area contributed by atoms with E-state index >= 15 is 0 Å². The van der Waals surface area contributed by atoms with Crippen LogP contribution < -0.4 is 0 Å². The van der Waals surface area contributed by atoms with E-state index < -0.39 is 0 Å². The summed E-state index contributed by atoms with van der Waals surface area (Å²) in [4.78, 5) is 0. The molecule has 0 aliphatic carbocycles. The highest BCUT2D eigenvalue weighted by molar-refractivity contribution is 5.83. The van der Waals surface area contributed by atoms with E-state index in [-0.39, 0.29) is 0 Å². The van der Waals surface area contributed by atoms with Crippen molar-refractivity contribution in [1.29, 1.82) is 0 Å². The third kappa shape index (κ3) is 7.53. The molecule has 2 nitrogen and oxygen atoms in total. The van der Waals surface area contributed by atoms with E-state index in [1.165, 1.54) is 81.3 Å². The molecule has 4 aromatic rings. The van der Waals surface area contributed by atoms with Gasteiger partial charge in [0, 0.05) is 10.8 Å². The molecule has 2 aliphatic heterocycles. The van der Waals surface area contributed by atoms with Gasteiger partial charge in [0.15, 0.2) is 0 Å². The van der Waals surface area contributed by atoms with Crippen molar-refractivity contribution in [2.45, 2.75) is 81.1 Å². The highest BCUT2D eigenvalue weighted by Gasteiger charge is 2.34. The van der Waals surface area contributed by atoms with E-state index in [2.05, 4.69) is 140 Å². The molecule has 0 unspecified atom stereocenters. The lowest BCUT2D eigenvalue weighted by atomic mass is 9.81. The Morgan fingerprint density at radius 2 is 0.864 bits per heavy atom. The van der Waals surface area contributed by atoms with Crippen LogP contribution in [0.3, 0.4) is 0 Å². The van der Waals surface area contributed by atoms with Gasteiger partial charge in [0.2, 0.25) is 0 Å². The fraction of sp³-hybridized carbons (Fsp3) is 0.429. The first-order valence-corrected chi connectivity index (χ1v) is 16.7. The number of hydrogen-bond acceptors (Lipinski definition) is 2. The molecule has 2 heterocycles. The lowest BCUT2D eigenvalue weighted by molar-refractivity contribution is -0.116. The maximum Gasteiger partial charge on any atom is 0.0544 e. The first-order valence-electron chi connectivity index (χ1n) is 16.7. The van der Waals surface area contributed by atoms with Crippen LogP contribution in [0.4, 0.5) is 0 Å². The Bertz CT molecular complexity index is 1460. The van der Waals surface area contributed by atoms with E-state index in [1.54, 1.807) is 0 Å². The SMILES string of the molecule is CCC1(CC)COC1.CCC1(CC)COC1.Cc1ccccc1-c1cc(-c2cccc(-c3ccccc3C)c2C)ccc1C. The summed E-state index contributed by atoms with van der Waals surface area (Å²) in [5.74, 6) is 0. The summed E-state index contributed by atoms with van der Waals surface area (Å²) in [6.07, 6.45) is 5.12. The Morgan fingerprint density at radius 1 is 0.455 bits per heavy atom. The first-order chi connectivity index (χ1) is 21.2. The molecule has 0 N–H and O–H groups in total. The molecule has 2 heteroatoms. The highest BCUT2D eigenvalue weighted by atomic mass is 16.5. The number of aryl methyl sites for hydroxylation is 3. The monoisotopic (exact) mass is 590 g/mol. The second-order valence-corrected chi connectivity index (χ2v) is 13.0. The van der Waals surface area contributed by atoms with Crippen molar-refractivity contribution in [1.82, 2.24) is 0 Å². The third-order valence-corrected chi connectivity index (χ3v) is 10.4. The van der Waals surface area contributed by atoms with Gasteiger partial charge in [0.1, 0.15) is 0 Å². The van der Waals surface area contributed by atoms with Crippen molar-refractivity contribution in [3.8, 4) is 33.4 Å². The fourth-order valence-electron chi connectivity index (χ4n) is 6.17. The summed E-state index contributed by atoms with van der Waals surface area (Å²) in [6, 6.07) is 30.8. The van der Waals surface area contributed by atoms with Gasteiger partial charge in [-0.2, -0.15) is 0 Å². The van der Waals surface area contributed by atoms with Gasteiger partial charge in [-0.1, -0.05) is 107 Å². The normalized spacial score (nSPS) is 15.9. The maximum atomic E-state index is 5.12. The zero-order valence-electron chi connectivity index (χ0n) is 28.6. The van der Waals surface area contributed by atoms with Gasteiger partial charge in [0.25, 0.3) is 0 Å². The molecular formula is C42H54O2. The minimum absolute atomic E-state index is 0.583. The molecule has 2 fully saturated rings. The predicted octanol–water partition coefficient (Wildman–Crippen LogP) is 11.6. The van der Waals surface area contributed by atoms with Gasteiger partial charge < -0.3 is 9.47 Å². The number of rotatable bonds is 7. The molecule has 0 aromatic heterocycles. The molecule has 2 aliphatic rings. The van der Waals surface area contributed by atoms with Crippen molar-refractivity contribution in [2.24, 2.45) is 10.8 Å². The summed E-state index contributed by atoms with van der Waals surface area (Å²) in [5, 5.41) is 0. The van der Waals surface area contributed by atoms with E-state index in [1.807, 2.05) is 0 Å². The van der Waals surface area contributed by atoms with Gasteiger partial charge in [-0.3, -0.25) is 0 Å². The Balaban J connectivity index is 0.000000224. The summed E-state index contributed by atoms with van der Waals surface area (Å²) in [5.41, 5.74) is 14.3. The Morgan fingerprint density at radius 3 is 1.27 bits per heavy atom. The molecule has 0 spiro atoms. The molecule has 44 heavy (non-hydrogen) atoms. The number of hydrogen-bond donors (Lipinski definition) is 0. The smallest absolute Gasteiger partial charge is 0.0544 e. The van der Waals surface area contributed by atoms with Gasteiger partial charge in [-0.25, -0.2) is 0 Å². The largest absolute Gasteiger partial charge is 0.380 e. The second kappa shape index (κ2) is 15.2. The van der Waals surface area contributed by atoms with E-state index in [4.69, 9.17) is 9.47 Å². The maximum absolute atomic E-state index is 5.12. The lowest BCUT2D eigenvalue weighted by Crippen LogP contribution is -2.41. The van der Waals surface area contributed by atoms with Crippen LogP contribution in [-0.4, -0.2) is 26.4 Å². The minimum atomic E-state index is 0.583. The van der Waals surface area contributed by atoms with Crippen LogP contribution in [0.15, 0.2) is 84.9 Å². The van der Waals surface area contributed by atoms with Crippen LogP contribution in [0, 0.1) is 38.5 Å². The molecule has 6 rings (SSSR count). The topological polar surface area (TPSA) is 18.5 Å². The van der Waals surface area contributed by atoms with E-state index in [0.29, 0.717) is 10.8 Å². The Kier molecular flexibility index (Phi) is 11.6. The molecule has 0 saturated carbocycles. The summed E-state index contributed by atoms with van der Waals surface area (Å²) in [6.45, 7) is 21.8. The average molecular weight is 591 g/mol. The molecule has 4 aromatic carbocycles. The zero-order chi connectivity index (χ0) is 31.7. The molecule has 0 amide bonds. The van der Waals surface area contributed by atoms with Crippen LogP contribution in [0.1, 0.15) is 75.6 Å². The summed E-state index contributed by atoms with van der Waals surface area (Å²) in [7, 11) is 0. The van der Waals surface area contributed by atoms with Crippen LogP contribution >= 0.6 is 0 Å². The summed E-state index contributed by atoms with van der Waals surface area (Å²) < 4.78 is 10.2. The van der Waals surface area contributed by atoms with Gasteiger partial charge in [-0.05, 0) is 115 Å².